The second kappa shape index (κ2) is 10.7. The third-order valence-corrected chi connectivity index (χ3v) is 4.09. The van der Waals surface area contributed by atoms with Crippen molar-refractivity contribution in [2.24, 2.45) is 0 Å². The number of carbonyl (C=O) groups excluding carboxylic acids is 1. The molecule has 0 atom stereocenters. The van der Waals surface area contributed by atoms with E-state index in [1.165, 1.54) is 12.1 Å². The molecule has 3 rings (SSSR count). The van der Waals surface area contributed by atoms with Crippen LogP contribution in [-0.4, -0.2) is 12.6 Å². The molecule has 0 saturated carbocycles. The lowest BCUT2D eigenvalue weighted by atomic mass is 10.2. The molecular weight excluding hydrogens is 369 g/mol. The van der Waals surface area contributed by atoms with Crippen molar-refractivity contribution >= 4 is 12.2 Å². The summed E-state index contributed by atoms with van der Waals surface area (Å²) < 4.78 is 23.7. The van der Waals surface area contributed by atoms with Gasteiger partial charge in [0.2, 0.25) is 0 Å². The highest BCUT2D eigenvalue weighted by molar-refractivity contribution is 5.67. The van der Waals surface area contributed by atoms with E-state index in [0.29, 0.717) is 13.2 Å². The van der Waals surface area contributed by atoms with Gasteiger partial charge in [0, 0.05) is 6.54 Å². The maximum atomic E-state index is 12.9. The van der Waals surface area contributed by atoms with Crippen LogP contribution in [0.2, 0.25) is 0 Å². The van der Waals surface area contributed by atoms with E-state index >= 15 is 0 Å². The molecule has 1 N–H and O–H groups in total. The number of ether oxygens (including phenoxy) is 2. The number of hydrogen-bond donors (Lipinski definition) is 1. The number of halogens is 1. The summed E-state index contributed by atoms with van der Waals surface area (Å²) in [7, 11) is 0. The zero-order valence-corrected chi connectivity index (χ0v) is 15.9. The van der Waals surface area contributed by atoms with Gasteiger partial charge in [0.05, 0.1) is 0 Å². The van der Waals surface area contributed by atoms with Gasteiger partial charge in [-0.05, 0) is 41.0 Å². The van der Waals surface area contributed by atoms with Crippen LogP contribution in [0.15, 0.2) is 84.9 Å². The summed E-state index contributed by atoms with van der Waals surface area (Å²) in [4.78, 5) is 11.7. The number of rotatable bonds is 8. The minimum Gasteiger partial charge on any atom is -0.489 e. The molecule has 5 heteroatoms. The lowest BCUT2D eigenvalue weighted by Gasteiger charge is -2.07. The molecule has 0 aliphatic rings. The van der Waals surface area contributed by atoms with E-state index in [1.807, 2.05) is 66.7 Å². The maximum Gasteiger partial charge on any atom is 0.407 e. The monoisotopic (exact) mass is 391 g/mol. The first-order valence-corrected chi connectivity index (χ1v) is 9.27. The van der Waals surface area contributed by atoms with Gasteiger partial charge in [0.15, 0.2) is 0 Å². The van der Waals surface area contributed by atoms with Gasteiger partial charge < -0.3 is 14.8 Å². The molecule has 29 heavy (non-hydrogen) atoms. The van der Waals surface area contributed by atoms with E-state index in [1.54, 1.807) is 12.1 Å². The first kappa shape index (κ1) is 20.1. The quantitative estimate of drug-likeness (QED) is 0.563. The molecule has 4 nitrogen and oxygen atoms in total. The lowest BCUT2D eigenvalue weighted by Crippen LogP contribution is -2.24. The SMILES string of the molecule is O=C(NCC=Cc1ccc(OCc2ccc(F)cc2)cc1)OCc1ccccc1. The average molecular weight is 391 g/mol. The van der Waals surface area contributed by atoms with E-state index in [-0.39, 0.29) is 12.4 Å². The Morgan fingerprint density at radius 1 is 0.862 bits per heavy atom. The topological polar surface area (TPSA) is 47.6 Å². The zero-order chi connectivity index (χ0) is 20.3. The molecule has 3 aromatic rings. The zero-order valence-electron chi connectivity index (χ0n) is 15.9. The first-order chi connectivity index (χ1) is 14.2. The molecule has 0 heterocycles. The molecule has 0 spiro atoms. The number of benzene rings is 3. The van der Waals surface area contributed by atoms with Gasteiger partial charge in [-0.1, -0.05) is 66.7 Å². The Morgan fingerprint density at radius 2 is 1.55 bits per heavy atom. The fourth-order valence-electron chi connectivity index (χ4n) is 2.53. The van der Waals surface area contributed by atoms with Gasteiger partial charge >= 0.3 is 6.09 Å². The van der Waals surface area contributed by atoms with Crippen LogP contribution >= 0.6 is 0 Å². The van der Waals surface area contributed by atoms with Gasteiger partial charge in [-0.2, -0.15) is 0 Å². The number of nitrogens with one attached hydrogen (secondary N) is 1. The summed E-state index contributed by atoms with van der Waals surface area (Å²) in [5.74, 6) is 0.470. The molecule has 3 aromatic carbocycles. The smallest absolute Gasteiger partial charge is 0.407 e. The second-order valence-corrected chi connectivity index (χ2v) is 6.33. The fourth-order valence-corrected chi connectivity index (χ4v) is 2.53. The molecule has 0 bridgehead atoms. The molecule has 0 unspecified atom stereocenters. The summed E-state index contributed by atoms with van der Waals surface area (Å²) in [6.07, 6.45) is 3.29. The predicted octanol–water partition coefficient (Wildman–Crippen LogP) is 5.34. The molecule has 0 radical (unpaired) electrons. The van der Waals surface area contributed by atoms with Gasteiger partial charge in [-0.15, -0.1) is 0 Å². The van der Waals surface area contributed by atoms with Gasteiger partial charge in [0.1, 0.15) is 24.8 Å². The van der Waals surface area contributed by atoms with E-state index in [9.17, 15) is 9.18 Å². The standard InChI is InChI=1S/C24H22FNO3/c25-22-12-8-21(9-13-22)17-28-23-14-10-19(11-15-23)7-4-16-26-24(27)29-18-20-5-2-1-3-6-20/h1-15H,16-18H2,(H,26,27). The molecule has 0 saturated heterocycles. The van der Waals surface area contributed by atoms with Crippen LogP contribution < -0.4 is 10.1 Å². The van der Waals surface area contributed by atoms with Gasteiger partial charge in [0.25, 0.3) is 0 Å². The van der Waals surface area contributed by atoms with Crippen LogP contribution in [0.1, 0.15) is 16.7 Å². The highest BCUT2D eigenvalue weighted by atomic mass is 19.1. The van der Waals surface area contributed by atoms with Crippen LogP contribution in [-0.2, 0) is 18.0 Å². The molecule has 0 fully saturated rings. The number of hydrogen-bond acceptors (Lipinski definition) is 3. The van der Waals surface area contributed by atoms with Crippen molar-refractivity contribution in [3.63, 3.8) is 0 Å². The Labute approximate surface area is 169 Å². The van der Waals surface area contributed by atoms with Crippen LogP contribution in [0, 0.1) is 5.82 Å². The van der Waals surface area contributed by atoms with E-state index in [4.69, 9.17) is 9.47 Å². The van der Waals surface area contributed by atoms with Crippen molar-refractivity contribution in [3.05, 3.63) is 107 Å². The fraction of sp³-hybridized carbons (Fsp3) is 0.125. The first-order valence-electron chi connectivity index (χ1n) is 9.27. The summed E-state index contributed by atoms with van der Waals surface area (Å²) in [5, 5.41) is 2.68. The summed E-state index contributed by atoms with van der Waals surface area (Å²) in [5.41, 5.74) is 2.83. The predicted molar refractivity (Wildman–Crippen MR) is 111 cm³/mol. The number of amides is 1. The number of alkyl carbamates (subject to hydrolysis) is 1. The van der Waals surface area contributed by atoms with Crippen molar-refractivity contribution in [1.29, 1.82) is 0 Å². The second-order valence-electron chi connectivity index (χ2n) is 6.33. The van der Waals surface area contributed by atoms with E-state index < -0.39 is 6.09 Å². The van der Waals surface area contributed by atoms with Crippen LogP contribution in [0.4, 0.5) is 9.18 Å². The van der Waals surface area contributed by atoms with Crippen molar-refractivity contribution in [1.82, 2.24) is 5.32 Å². The Bertz CT molecular complexity index is 923. The Morgan fingerprint density at radius 3 is 2.28 bits per heavy atom. The van der Waals surface area contributed by atoms with Crippen molar-refractivity contribution in [3.8, 4) is 5.75 Å². The molecule has 0 aliphatic carbocycles. The Balaban J connectivity index is 1.37. The Kier molecular flexibility index (Phi) is 7.41. The van der Waals surface area contributed by atoms with Crippen LogP contribution in [0.25, 0.3) is 6.08 Å². The molecule has 0 aromatic heterocycles. The third-order valence-electron chi connectivity index (χ3n) is 4.09. The molecule has 148 valence electrons. The van der Waals surface area contributed by atoms with Crippen molar-refractivity contribution in [2.75, 3.05) is 6.54 Å². The summed E-state index contributed by atoms with van der Waals surface area (Å²) >= 11 is 0. The summed E-state index contributed by atoms with van der Waals surface area (Å²) in [6.45, 7) is 0.997. The normalized spacial score (nSPS) is 10.7. The minimum absolute atomic E-state index is 0.246. The maximum absolute atomic E-state index is 12.9. The molecule has 1 amide bonds. The van der Waals surface area contributed by atoms with Gasteiger partial charge in [-0.25, -0.2) is 9.18 Å². The Hall–Kier alpha value is -3.60. The lowest BCUT2D eigenvalue weighted by molar-refractivity contribution is 0.141. The highest BCUT2D eigenvalue weighted by Crippen LogP contribution is 2.15. The van der Waals surface area contributed by atoms with E-state index in [0.717, 1.165) is 22.4 Å². The van der Waals surface area contributed by atoms with Crippen molar-refractivity contribution < 1.29 is 18.7 Å². The summed E-state index contributed by atoms with van der Waals surface area (Å²) in [6, 6.07) is 23.3. The molecule has 0 aliphatic heterocycles. The third kappa shape index (κ3) is 7.14. The van der Waals surface area contributed by atoms with Crippen molar-refractivity contribution in [2.45, 2.75) is 13.2 Å². The molecular formula is C24H22FNO3. The van der Waals surface area contributed by atoms with Crippen LogP contribution in [0.5, 0.6) is 5.75 Å². The van der Waals surface area contributed by atoms with Crippen LogP contribution in [0.3, 0.4) is 0 Å². The average Bonchev–Trinajstić information content (AvgIpc) is 2.76. The highest BCUT2D eigenvalue weighted by Gasteiger charge is 2.00. The van der Waals surface area contributed by atoms with E-state index in [2.05, 4.69) is 5.32 Å². The minimum atomic E-state index is -0.456. The van der Waals surface area contributed by atoms with Gasteiger partial charge in [-0.3, -0.25) is 0 Å². The number of carbonyl (C=O) groups is 1. The largest absolute Gasteiger partial charge is 0.489 e.